The summed E-state index contributed by atoms with van der Waals surface area (Å²) in [5.74, 6) is 0.877. The summed E-state index contributed by atoms with van der Waals surface area (Å²) in [5.41, 5.74) is 6.12. The van der Waals surface area contributed by atoms with Gasteiger partial charge in [-0.15, -0.1) is 0 Å². The molecule has 162 valence electrons. The van der Waals surface area contributed by atoms with Gasteiger partial charge in [-0.25, -0.2) is 0 Å². The molecule has 5 heteroatoms. The standard InChI is InChI=1S/C26H31N3O2/c1-15-10-16(2)14-29(13-15)26(31)21-7-6-17(3)24(12-21)28-25(30)20-8-9-23-22(11-20)18(4)19(5)27-23/h6-9,11-12,15-16,27H,10,13-14H2,1-5H3,(H,28,30). The number of nitrogens with zero attached hydrogens (tertiary/aromatic N) is 1. The summed E-state index contributed by atoms with van der Waals surface area (Å²) >= 11 is 0. The van der Waals surface area contributed by atoms with Gasteiger partial charge in [0.15, 0.2) is 0 Å². The van der Waals surface area contributed by atoms with Crippen molar-refractivity contribution in [3.63, 3.8) is 0 Å². The van der Waals surface area contributed by atoms with Gasteiger partial charge >= 0.3 is 0 Å². The highest BCUT2D eigenvalue weighted by atomic mass is 16.2. The van der Waals surface area contributed by atoms with E-state index in [4.69, 9.17) is 0 Å². The van der Waals surface area contributed by atoms with Gasteiger partial charge in [0.05, 0.1) is 0 Å². The van der Waals surface area contributed by atoms with Crippen molar-refractivity contribution in [2.45, 2.75) is 41.0 Å². The maximum atomic E-state index is 13.1. The van der Waals surface area contributed by atoms with Crippen LogP contribution in [0.3, 0.4) is 0 Å². The van der Waals surface area contributed by atoms with E-state index < -0.39 is 0 Å². The number of aryl methyl sites for hydroxylation is 3. The van der Waals surface area contributed by atoms with E-state index in [1.165, 1.54) is 0 Å². The molecule has 2 amide bonds. The van der Waals surface area contributed by atoms with Crippen molar-refractivity contribution in [2.75, 3.05) is 18.4 Å². The SMILES string of the molecule is Cc1ccc(C(=O)N2CC(C)CC(C)C2)cc1NC(=O)c1ccc2[nH]c(C)c(C)c2c1. The summed E-state index contributed by atoms with van der Waals surface area (Å²) in [6.07, 6.45) is 1.16. The summed E-state index contributed by atoms with van der Waals surface area (Å²) in [4.78, 5) is 31.4. The minimum atomic E-state index is -0.173. The number of rotatable bonds is 3. The molecule has 2 atom stereocenters. The minimum Gasteiger partial charge on any atom is -0.358 e. The highest BCUT2D eigenvalue weighted by molar-refractivity contribution is 6.07. The van der Waals surface area contributed by atoms with Gasteiger partial charge < -0.3 is 15.2 Å². The van der Waals surface area contributed by atoms with Crippen LogP contribution in [0.25, 0.3) is 10.9 Å². The van der Waals surface area contributed by atoms with Gasteiger partial charge in [0, 0.05) is 46.5 Å². The lowest BCUT2D eigenvalue weighted by Gasteiger charge is -2.35. The van der Waals surface area contributed by atoms with E-state index in [9.17, 15) is 9.59 Å². The Balaban J connectivity index is 1.57. The van der Waals surface area contributed by atoms with Crippen LogP contribution in [0.15, 0.2) is 36.4 Å². The molecule has 0 saturated carbocycles. The van der Waals surface area contributed by atoms with Gasteiger partial charge in [0.25, 0.3) is 11.8 Å². The summed E-state index contributed by atoms with van der Waals surface area (Å²) < 4.78 is 0. The lowest BCUT2D eigenvalue weighted by atomic mass is 9.91. The Morgan fingerprint density at radius 1 is 0.968 bits per heavy atom. The maximum Gasteiger partial charge on any atom is 0.255 e. The van der Waals surface area contributed by atoms with E-state index in [1.54, 1.807) is 0 Å². The second kappa shape index (κ2) is 8.22. The molecule has 1 aliphatic heterocycles. The van der Waals surface area contributed by atoms with Gasteiger partial charge in [0.1, 0.15) is 0 Å². The second-order valence-corrected chi connectivity index (χ2v) is 9.28. The molecule has 0 bridgehead atoms. The number of hydrogen-bond acceptors (Lipinski definition) is 2. The predicted molar refractivity (Wildman–Crippen MR) is 126 cm³/mol. The number of carbonyl (C=O) groups is 2. The Bertz CT molecular complexity index is 1150. The van der Waals surface area contributed by atoms with Crippen molar-refractivity contribution < 1.29 is 9.59 Å². The van der Waals surface area contributed by atoms with Crippen molar-refractivity contribution in [3.8, 4) is 0 Å². The molecular weight excluding hydrogens is 386 g/mol. The van der Waals surface area contributed by atoms with E-state index in [-0.39, 0.29) is 11.8 Å². The second-order valence-electron chi connectivity index (χ2n) is 9.28. The van der Waals surface area contributed by atoms with Crippen LogP contribution in [0.1, 0.15) is 57.8 Å². The molecule has 2 heterocycles. The van der Waals surface area contributed by atoms with Crippen LogP contribution in [-0.2, 0) is 0 Å². The highest BCUT2D eigenvalue weighted by Crippen LogP contribution is 2.26. The number of aromatic amines is 1. The van der Waals surface area contributed by atoms with Crippen LogP contribution in [-0.4, -0.2) is 34.8 Å². The highest BCUT2D eigenvalue weighted by Gasteiger charge is 2.26. The third kappa shape index (κ3) is 4.22. The third-order valence-corrected chi connectivity index (χ3v) is 6.46. The monoisotopic (exact) mass is 417 g/mol. The summed E-state index contributed by atoms with van der Waals surface area (Å²) in [6, 6.07) is 11.3. The molecule has 1 aliphatic rings. The van der Waals surface area contributed by atoms with Crippen molar-refractivity contribution in [2.24, 2.45) is 11.8 Å². The quantitative estimate of drug-likeness (QED) is 0.594. The van der Waals surface area contributed by atoms with Gasteiger partial charge in [-0.3, -0.25) is 9.59 Å². The zero-order valence-corrected chi connectivity index (χ0v) is 19.0. The van der Waals surface area contributed by atoms with Crippen molar-refractivity contribution >= 4 is 28.4 Å². The Morgan fingerprint density at radius 3 is 2.35 bits per heavy atom. The fourth-order valence-electron chi connectivity index (χ4n) is 4.70. The molecule has 3 aromatic rings. The fraction of sp³-hybridized carbons (Fsp3) is 0.385. The first-order valence-electron chi connectivity index (χ1n) is 11.0. The molecule has 2 aromatic carbocycles. The largest absolute Gasteiger partial charge is 0.358 e. The van der Waals surface area contributed by atoms with Crippen LogP contribution in [0.5, 0.6) is 0 Å². The van der Waals surface area contributed by atoms with Crippen LogP contribution in [0, 0.1) is 32.6 Å². The van der Waals surface area contributed by atoms with Gasteiger partial charge in [-0.2, -0.15) is 0 Å². The Kier molecular flexibility index (Phi) is 5.61. The van der Waals surface area contributed by atoms with Crippen LogP contribution in [0.4, 0.5) is 5.69 Å². The number of nitrogens with one attached hydrogen (secondary N) is 2. The van der Waals surface area contributed by atoms with E-state index in [0.29, 0.717) is 28.7 Å². The van der Waals surface area contributed by atoms with Crippen LogP contribution < -0.4 is 5.32 Å². The molecule has 1 aromatic heterocycles. The molecule has 0 radical (unpaired) electrons. The van der Waals surface area contributed by atoms with E-state index in [2.05, 4.69) is 31.1 Å². The van der Waals surface area contributed by atoms with Gasteiger partial charge in [0.2, 0.25) is 0 Å². The summed E-state index contributed by atoms with van der Waals surface area (Å²) in [7, 11) is 0. The number of likely N-dealkylation sites (tertiary alicyclic amines) is 1. The Hall–Kier alpha value is -3.08. The average Bonchev–Trinajstić information content (AvgIpc) is 3.01. The summed E-state index contributed by atoms with van der Waals surface area (Å²) in [5, 5.41) is 4.07. The van der Waals surface area contributed by atoms with Crippen molar-refractivity contribution in [3.05, 3.63) is 64.3 Å². The fourth-order valence-corrected chi connectivity index (χ4v) is 4.70. The predicted octanol–water partition coefficient (Wildman–Crippen LogP) is 5.46. The lowest BCUT2D eigenvalue weighted by molar-refractivity contribution is 0.0623. The molecule has 31 heavy (non-hydrogen) atoms. The summed E-state index contributed by atoms with van der Waals surface area (Å²) in [6.45, 7) is 12.0. The zero-order valence-electron chi connectivity index (χ0n) is 19.0. The Morgan fingerprint density at radius 2 is 1.65 bits per heavy atom. The first kappa shape index (κ1) is 21.2. The minimum absolute atomic E-state index is 0.0359. The number of aromatic nitrogens is 1. The van der Waals surface area contributed by atoms with Gasteiger partial charge in [-0.1, -0.05) is 19.9 Å². The number of fused-ring (bicyclic) bond motifs is 1. The number of anilines is 1. The van der Waals surface area contributed by atoms with Crippen LogP contribution in [0.2, 0.25) is 0 Å². The number of amides is 2. The molecule has 0 spiro atoms. The third-order valence-electron chi connectivity index (χ3n) is 6.46. The number of H-pyrrole nitrogens is 1. The molecule has 4 rings (SSSR count). The van der Waals surface area contributed by atoms with E-state index in [0.717, 1.165) is 47.2 Å². The molecule has 2 N–H and O–H groups in total. The number of benzene rings is 2. The van der Waals surface area contributed by atoms with E-state index >= 15 is 0 Å². The first-order valence-corrected chi connectivity index (χ1v) is 11.0. The first-order chi connectivity index (χ1) is 14.7. The maximum absolute atomic E-state index is 13.1. The normalized spacial score (nSPS) is 18.9. The zero-order chi connectivity index (χ0) is 22.3. The Labute approximate surface area is 183 Å². The molecule has 5 nitrogen and oxygen atoms in total. The molecule has 2 unspecified atom stereocenters. The molecule has 0 aliphatic carbocycles. The van der Waals surface area contributed by atoms with Crippen molar-refractivity contribution in [1.29, 1.82) is 0 Å². The average molecular weight is 418 g/mol. The number of carbonyl (C=O) groups excluding carboxylic acids is 2. The molecular formula is C26H31N3O2. The van der Waals surface area contributed by atoms with Crippen LogP contribution >= 0.6 is 0 Å². The smallest absolute Gasteiger partial charge is 0.255 e. The number of hydrogen-bond donors (Lipinski definition) is 2. The number of piperidine rings is 1. The molecule has 1 saturated heterocycles. The van der Waals surface area contributed by atoms with E-state index in [1.807, 2.05) is 55.1 Å². The molecule has 1 fully saturated rings. The van der Waals surface area contributed by atoms with Crippen molar-refractivity contribution in [1.82, 2.24) is 9.88 Å². The van der Waals surface area contributed by atoms with Gasteiger partial charge in [-0.05, 0) is 80.5 Å². The lowest BCUT2D eigenvalue weighted by Crippen LogP contribution is -2.42. The topological polar surface area (TPSA) is 65.2 Å².